The molecule has 0 unspecified atom stereocenters. The van der Waals surface area contributed by atoms with Gasteiger partial charge < -0.3 is 10.6 Å². The third-order valence-electron chi connectivity index (χ3n) is 4.32. The largest absolute Gasteiger partial charge is 0.320 e. The lowest BCUT2D eigenvalue weighted by molar-refractivity contribution is -0.384. The van der Waals surface area contributed by atoms with Gasteiger partial charge >= 0.3 is 0 Å². The van der Waals surface area contributed by atoms with Crippen molar-refractivity contribution in [3.8, 4) is 0 Å². The Hall–Kier alpha value is -3.78. The van der Waals surface area contributed by atoms with E-state index in [-0.39, 0.29) is 11.4 Å². The third kappa shape index (κ3) is 5.86. The summed E-state index contributed by atoms with van der Waals surface area (Å²) in [4.78, 5) is 36.0. The van der Waals surface area contributed by atoms with Crippen LogP contribution in [0.15, 0.2) is 83.0 Å². The first-order chi connectivity index (χ1) is 14.8. The Bertz CT molecular complexity index is 1160. The second-order valence-corrected chi connectivity index (χ2v) is 7.52. The van der Waals surface area contributed by atoms with Gasteiger partial charge in [0.1, 0.15) is 5.70 Å². The summed E-state index contributed by atoms with van der Waals surface area (Å²) in [5, 5.41) is 16.3. The fourth-order valence-corrected chi connectivity index (χ4v) is 3.30. The first-order valence-electron chi connectivity index (χ1n) is 9.23. The fourth-order valence-electron chi connectivity index (χ4n) is 2.71. The van der Waals surface area contributed by atoms with Gasteiger partial charge in [-0.2, -0.15) is 0 Å². The van der Waals surface area contributed by atoms with Crippen LogP contribution in [0.1, 0.15) is 21.5 Å². The number of nitrogens with one attached hydrogen (secondary N) is 2. The fraction of sp³-hybridized carbons (Fsp3) is 0.0435. The second kappa shape index (κ2) is 9.82. The summed E-state index contributed by atoms with van der Waals surface area (Å²) in [6, 6.07) is 19.6. The number of carbonyl (C=O) groups is 2. The van der Waals surface area contributed by atoms with Gasteiger partial charge in [-0.1, -0.05) is 24.3 Å². The molecule has 0 heterocycles. The lowest BCUT2D eigenvalue weighted by atomic mass is 10.1. The molecule has 0 saturated carbocycles. The van der Waals surface area contributed by atoms with Crippen LogP contribution in [0.5, 0.6) is 0 Å². The first kappa shape index (κ1) is 21.9. The van der Waals surface area contributed by atoms with Crippen molar-refractivity contribution in [3.05, 3.63) is 110 Å². The summed E-state index contributed by atoms with van der Waals surface area (Å²) < 4.78 is 0.699. The predicted molar refractivity (Wildman–Crippen MR) is 122 cm³/mol. The normalized spacial score (nSPS) is 11.0. The number of nitro groups is 1. The van der Waals surface area contributed by atoms with Gasteiger partial charge in [-0.25, -0.2) is 0 Å². The van der Waals surface area contributed by atoms with Gasteiger partial charge in [-0.05, 0) is 76.5 Å². The van der Waals surface area contributed by atoms with E-state index in [2.05, 4.69) is 26.6 Å². The standard InChI is InChI=1S/C23H18BrN3O4/c1-15-7-12-20(19(24)13-15)25-23(29)21(26-22(28)17-5-3-2-4-6-17)14-16-8-10-18(11-9-16)27(30)31/h2-14H,1H3,(H,25,29)(H,26,28)/b21-14-. The molecule has 2 N–H and O–H groups in total. The summed E-state index contributed by atoms with van der Waals surface area (Å²) in [5.41, 5.74) is 2.40. The maximum Gasteiger partial charge on any atom is 0.272 e. The van der Waals surface area contributed by atoms with Gasteiger partial charge in [-0.15, -0.1) is 0 Å². The van der Waals surface area contributed by atoms with Gasteiger partial charge in [0.05, 0.1) is 10.6 Å². The van der Waals surface area contributed by atoms with Gasteiger partial charge in [-0.3, -0.25) is 19.7 Å². The summed E-state index contributed by atoms with van der Waals surface area (Å²) in [7, 11) is 0. The van der Waals surface area contributed by atoms with E-state index >= 15 is 0 Å². The van der Waals surface area contributed by atoms with Gasteiger partial charge in [0.2, 0.25) is 0 Å². The molecule has 0 saturated heterocycles. The number of non-ortho nitro benzene ring substituents is 1. The molecule has 0 fully saturated rings. The van der Waals surface area contributed by atoms with E-state index in [0.29, 0.717) is 21.3 Å². The third-order valence-corrected chi connectivity index (χ3v) is 4.97. The van der Waals surface area contributed by atoms with Crippen LogP contribution in [0.4, 0.5) is 11.4 Å². The molecule has 0 aromatic heterocycles. The second-order valence-electron chi connectivity index (χ2n) is 6.66. The number of nitrogens with zero attached hydrogens (tertiary/aromatic N) is 1. The van der Waals surface area contributed by atoms with E-state index in [1.807, 2.05) is 19.1 Å². The minimum atomic E-state index is -0.535. The van der Waals surface area contributed by atoms with Crippen LogP contribution >= 0.6 is 15.9 Å². The van der Waals surface area contributed by atoms with Crippen molar-refractivity contribution in [3.63, 3.8) is 0 Å². The smallest absolute Gasteiger partial charge is 0.272 e. The highest BCUT2D eigenvalue weighted by atomic mass is 79.9. The number of halogens is 1. The summed E-state index contributed by atoms with van der Waals surface area (Å²) >= 11 is 3.42. The minimum absolute atomic E-state index is 0.00446. The SMILES string of the molecule is Cc1ccc(NC(=O)/C(=C/c2ccc([N+](=O)[O-])cc2)NC(=O)c2ccccc2)c(Br)c1. The molecule has 7 nitrogen and oxygen atoms in total. The number of anilines is 1. The topological polar surface area (TPSA) is 101 Å². The molecule has 3 aromatic carbocycles. The zero-order chi connectivity index (χ0) is 22.4. The Morgan fingerprint density at radius 2 is 1.68 bits per heavy atom. The van der Waals surface area contributed by atoms with Crippen LogP contribution in [0.3, 0.4) is 0 Å². The Kier molecular flexibility index (Phi) is 6.94. The van der Waals surface area contributed by atoms with Crippen LogP contribution in [0.25, 0.3) is 6.08 Å². The van der Waals surface area contributed by atoms with Crippen molar-refractivity contribution in [2.75, 3.05) is 5.32 Å². The van der Waals surface area contributed by atoms with Gasteiger partial charge in [0.15, 0.2) is 0 Å². The van der Waals surface area contributed by atoms with Crippen LogP contribution in [0.2, 0.25) is 0 Å². The molecule has 31 heavy (non-hydrogen) atoms. The van der Waals surface area contributed by atoms with Crippen molar-refractivity contribution in [1.29, 1.82) is 0 Å². The number of aryl methyl sites for hydroxylation is 1. The average molecular weight is 480 g/mol. The van der Waals surface area contributed by atoms with Crippen molar-refractivity contribution >= 4 is 45.2 Å². The molecular formula is C23H18BrN3O4. The summed E-state index contributed by atoms with van der Waals surface area (Å²) in [5.74, 6) is -0.987. The van der Waals surface area contributed by atoms with E-state index in [1.165, 1.54) is 30.3 Å². The van der Waals surface area contributed by atoms with Crippen molar-refractivity contribution < 1.29 is 14.5 Å². The molecule has 0 bridgehead atoms. The molecule has 3 aromatic rings. The molecule has 0 spiro atoms. The minimum Gasteiger partial charge on any atom is -0.320 e. The number of rotatable bonds is 6. The van der Waals surface area contributed by atoms with Crippen molar-refractivity contribution in [2.24, 2.45) is 0 Å². The number of benzene rings is 3. The Balaban J connectivity index is 1.91. The van der Waals surface area contributed by atoms with Crippen LogP contribution in [0, 0.1) is 17.0 Å². The van der Waals surface area contributed by atoms with Crippen LogP contribution in [-0.4, -0.2) is 16.7 Å². The zero-order valence-electron chi connectivity index (χ0n) is 16.5. The number of hydrogen-bond donors (Lipinski definition) is 2. The number of nitro benzene ring substituents is 1. The predicted octanol–water partition coefficient (Wildman–Crippen LogP) is 5.08. The van der Waals surface area contributed by atoms with Gasteiger partial charge in [0, 0.05) is 22.2 Å². The Morgan fingerprint density at radius 3 is 2.29 bits per heavy atom. The monoisotopic (exact) mass is 479 g/mol. The molecule has 0 aliphatic carbocycles. The molecular weight excluding hydrogens is 462 g/mol. The number of amides is 2. The van der Waals surface area contributed by atoms with Crippen LogP contribution < -0.4 is 10.6 Å². The van der Waals surface area contributed by atoms with E-state index in [1.54, 1.807) is 36.4 Å². The van der Waals surface area contributed by atoms with E-state index in [9.17, 15) is 19.7 Å². The molecule has 0 aliphatic heterocycles. The molecule has 0 atom stereocenters. The number of carbonyl (C=O) groups excluding carboxylic acids is 2. The van der Waals surface area contributed by atoms with Crippen molar-refractivity contribution in [2.45, 2.75) is 6.92 Å². The van der Waals surface area contributed by atoms with E-state index in [4.69, 9.17) is 0 Å². The maximum atomic E-state index is 13.0. The van der Waals surface area contributed by atoms with Gasteiger partial charge in [0.25, 0.3) is 17.5 Å². The van der Waals surface area contributed by atoms with E-state index in [0.717, 1.165) is 5.56 Å². The Labute approximate surface area is 187 Å². The lowest BCUT2D eigenvalue weighted by Gasteiger charge is -2.13. The highest BCUT2D eigenvalue weighted by molar-refractivity contribution is 9.10. The average Bonchev–Trinajstić information content (AvgIpc) is 2.76. The lowest BCUT2D eigenvalue weighted by Crippen LogP contribution is -2.30. The molecule has 2 amide bonds. The van der Waals surface area contributed by atoms with E-state index < -0.39 is 16.7 Å². The molecule has 8 heteroatoms. The molecule has 0 radical (unpaired) electrons. The highest BCUT2D eigenvalue weighted by Gasteiger charge is 2.16. The first-order valence-corrected chi connectivity index (χ1v) is 10.0. The quantitative estimate of drug-likeness (QED) is 0.292. The molecule has 0 aliphatic rings. The highest BCUT2D eigenvalue weighted by Crippen LogP contribution is 2.24. The molecule has 3 rings (SSSR count). The van der Waals surface area contributed by atoms with Crippen LogP contribution in [-0.2, 0) is 4.79 Å². The van der Waals surface area contributed by atoms with Crippen molar-refractivity contribution in [1.82, 2.24) is 5.32 Å². The zero-order valence-corrected chi connectivity index (χ0v) is 18.0. The summed E-state index contributed by atoms with van der Waals surface area (Å²) in [6.45, 7) is 1.93. The molecule has 156 valence electrons. The summed E-state index contributed by atoms with van der Waals surface area (Å²) in [6.07, 6.45) is 1.46. The maximum absolute atomic E-state index is 13.0. The Morgan fingerprint density at radius 1 is 1.00 bits per heavy atom. The number of hydrogen-bond acceptors (Lipinski definition) is 4.